The molecule has 2 N–H and O–H groups in total. The molecule has 7 heteroatoms. The van der Waals surface area contributed by atoms with Crippen LogP contribution in [0, 0.1) is 0 Å². The number of aliphatic carboxylic acids is 1. The van der Waals surface area contributed by atoms with Crippen molar-refractivity contribution in [2.45, 2.75) is 32.8 Å². The van der Waals surface area contributed by atoms with E-state index in [1.54, 1.807) is 20.8 Å². The number of carboxylic acids is 1. The van der Waals surface area contributed by atoms with Crippen LogP contribution in [0.3, 0.4) is 0 Å². The SMILES string of the molecule is CC(C)(C)OC(=O)NCCOc1ccc(-c2ccsc2CC(=O)O)cc1. The molecular formula is C19H23NO5S. The number of carbonyl (C=O) groups is 2. The van der Waals surface area contributed by atoms with E-state index in [2.05, 4.69) is 5.32 Å². The zero-order valence-electron chi connectivity index (χ0n) is 15.1. The topological polar surface area (TPSA) is 84.9 Å². The molecule has 0 fully saturated rings. The average Bonchev–Trinajstić information content (AvgIpc) is 2.98. The third-order valence-corrected chi connectivity index (χ3v) is 4.18. The summed E-state index contributed by atoms with van der Waals surface area (Å²) < 4.78 is 10.7. The normalized spacial score (nSPS) is 11.0. The predicted molar refractivity (Wildman–Crippen MR) is 101 cm³/mol. The second kappa shape index (κ2) is 8.71. The summed E-state index contributed by atoms with van der Waals surface area (Å²) in [6.45, 7) is 6.07. The zero-order valence-corrected chi connectivity index (χ0v) is 15.9. The Morgan fingerprint density at radius 1 is 1.15 bits per heavy atom. The lowest BCUT2D eigenvalue weighted by molar-refractivity contribution is -0.136. The summed E-state index contributed by atoms with van der Waals surface area (Å²) in [5.41, 5.74) is 1.35. The first-order valence-corrected chi connectivity index (χ1v) is 9.11. The highest BCUT2D eigenvalue weighted by molar-refractivity contribution is 7.10. The third kappa shape index (κ3) is 6.40. The van der Waals surface area contributed by atoms with Crippen LogP contribution in [-0.2, 0) is 16.0 Å². The summed E-state index contributed by atoms with van der Waals surface area (Å²) in [6.07, 6.45) is -0.457. The molecule has 0 unspecified atom stereocenters. The second-order valence-electron chi connectivity index (χ2n) is 6.63. The van der Waals surface area contributed by atoms with E-state index in [4.69, 9.17) is 14.6 Å². The number of hydrogen-bond donors (Lipinski definition) is 2. The number of amides is 1. The molecule has 0 spiro atoms. The maximum Gasteiger partial charge on any atom is 0.407 e. The number of carboxylic acid groups (broad SMARTS) is 1. The van der Waals surface area contributed by atoms with Gasteiger partial charge in [-0.1, -0.05) is 12.1 Å². The summed E-state index contributed by atoms with van der Waals surface area (Å²) in [6, 6.07) is 9.35. The number of carbonyl (C=O) groups excluding carboxylic acids is 1. The minimum atomic E-state index is -0.842. The van der Waals surface area contributed by atoms with Crippen molar-refractivity contribution >= 4 is 23.4 Å². The number of hydrogen-bond acceptors (Lipinski definition) is 5. The van der Waals surface area contributed by atoms with Gasteiger partial charge in [-0.25, -0.2) is 4.79 Å². The predicted octanol–water partition coefficient (Wildman–Crippen LogP) is 3.95. The fourth-order valence-electron chi connectivity index (χ4n) is 2.24. The van der Waals surface area contributed by atoms with E-state index in [1.165, 1.54) is 11.3 Å². The summed E-state index contributed by atoms with van der Waals surface area (Å²) in [4.78, 5) is 23.3. The van der Waals surface area contributed by atoms with Crippen LogP contribution in [0.1, 0.15) is 25.6 Å². The van der Waals surface area contributed by atoms with E-state index in [-0.39, 0.29) is 6.42 Å². The van der Waals surface area contributed by atoms with Gasteiger partial charge >= 0.3 is 12.1 Å². The summed E-state index contributed by atoms with van der Waals surface area (Å²) >= 11 is 1.44. The molecule has 2 rings (SSSR count). The summed E-state index contributed by atoms with van der Waals surface area (Å²) in [5, 5.41) is 13.5. The minimum Gasteiger partial charge on any atom is -0.492 e. The first-order valence-electron chi connectivity index (χ1n) is 8.23. The molecule has 6 nitrogen and oxygen atoms in total. The van der Waals surface area contributed by atoms with Crippen molar-refractivity contribution in [3.63, 3.8) is 0 Å². The van der Waals surface area contributed by atoms with Crippen LogP contribution < -0.4 is 10.1 Å². The van der Waals surface area contributed by atoms with E-state index in [9.17, 15) is 9.59 Å². The molecule has 26 heavy (non-hydrogen) atoms. The Hall–Kier alpha value is -2.54. The largest absolute Gasteiger partial charge is 0.492 e. The van der Waals surface area contributed by atoms with Crippen LogP contribution in [0.5, 0.6) is 5.75 Å². The van der Waals surface area contributed by atoms with Gasteiger partial charge in [-0.3, -0.25) is 4.79 Å². The van der Waals surface area contributed by atoms with Gasteiger partial charge in [-0.15, -0.1) is 11.3 Å². The molecule has 0 atom stereocenters. The van der Waals surface area contributed by atoms with Crippen LogP contribution in [0.2, 0.25) is 0 Å². The van der Waals surface area contributed by atoms with Gasteiger partial charge in [0.1, 0.15) is 18.0 Å². The van der Waals surface area contributed by atoms with Crippen molar-refractivity contribution in [3.8, 4) is 16.9 Å². The van der Waals surface area contributed by atoms with Gasteiger partial charge in [0.15, 0.2) is 0 Å². The molecule has 1 aromatic carbocycles. The number of rotatable bonds is 7. The van der Waals surface area contributed by atoms with Gasteiger partial charge in [-0.05, 0) is 55.5 Å². The first-order chi connectivity index (χ1) is 12.2. The van der Waals surface area contributed by atoms with Gasteiger partial charge in [0.25, 0.3) is 0 Å². The molecular weight excluding hydrogens is 354 g/mol. The Labute approximate surface area is 156 Å². The van der Waals surface area contributed by atoms with Crippen molar-refractivity contribution < 1.29 is 24.2 Å². The van der Waals surface area contributed by atoms with E-state index in [0.717, 1.165) is 16.0 Å². The van der Waals surface area contributed by atoms with Crippen molar-refractivity contribution in [1.29, 1.82) is 0 Å². The maximum absolute atomic E-state index is 11.5. The van der Waals surface area contributed by atoms with Crippen LogP contribution >= 0.6 is 11.3 Å². The number of thiophene rings is 1. The molecule has 0 bridgehead atoms. The van der Waals surface area contributed by atoms with E-state index in [0.29, 0.717) is 18.9 Å². The molecule has 0 aliphatic carbocycles. The summed E-state index contributed by atoms with van der Waals surface area (Å²) in [5.74, 6) is -0.166. The van der Waals surface area contributed by atoms with Crippen LogP contribution in [0.15, 0.2) is 35.7 Å². The number of benzene rings is 1. The van der Waals surface area contributed by atoms with Crippen LogP contribution in [0.25, 0.3) is 11.1 Å². The van der Waals surface area contributed by atoms with Gasteiger partial charge in [0.05, 0.1) is 13.0 Å². The number of nitrogens with one attached hydrogen (secondary N) is 1. The van der Waals surface area contributed by atoms with Crippen molar-refractivity contribution in [2.24, 2.45) is 0 Å². The molecule has 1 aromatic heterocycles. The fraction of sp³-hybridized carbons (Fsp3) is 0.368. The molecule has 1 heterocycles. The molecule has 140 valence electrons. The fourth-order valence-corrected chi connectivity index (χ4v) is 3.13. The van der Waals surface area contributed by atoms with Crippen LogP contribution in [0.4, 0.5) is 4.79 Å². The zero-order chi connectivity index (χ0) is 19.2. The van der Waals surface area contributed by atoms with Gasteiger partial charge in [-0.2, -0.15) is 0 Å². The maximum atomic E-state index is 11.5. The quantitative estimate of drug-likeness (QED) is 0.714. The van der Waals surface area contributed by atoms with Crippen LogP contribution in [-0.4, -0.2) is 35.9 Å². The van der Waals surface area contributed by atoms with E-state index >= 15 is 0 Å². The van der Waals surface area contributed by atoms with Crippen molar-refractivity contribution in [1.82, 2.24) is 5.32 Å². The summed E-state index contributed by atoms with van der Waals surface area (Å²) in [7, 11) is 0. The Bertz CT molecular complexity index is 746. The molecule has 0 saturated heterocycles. The molecule has 0 aliphatic rings. The van der Waals surface area contributed by atoms with Crippen molar-refractivity contribution in [3.05, 3.63) is 40.6 Å². The lowest BCUT2D eigenvalue weighted by Gasteiger charge is -2.19. The molecule has 0 saturated carbocycles. The molecule has 0 aliphatic heterocycles. The lowest BCUT2D eigenvalue weighted by atomic mass is 10.1. The first kappa shape index (κ1) is 19.8. The molecule has 2 aromatic rings. The molecule has 1 amide bonds. The monoisotopic (exact) mass is 377 g/mol. The third-order valence-electron chi connectivity index (χ3n) is 3.26. The van der Waals surface area contributed by atoms with Gasteiger partial charge < -0.3 is 19.9 Å². The highest BCUT2D eigenvalue weighted by Gasteiger charge is 2.15. The van der Waals surface area contributed by atoms with E-state index < -0.39 is 17.7 Å². The Kier molecular flexibility index (Phi) is 6.63. The number of alkyl carbamates (subject to hydrolysis) is 1. The Morgan fingerprint density at radius 3 is 2.46 bits per heavy atom. The molecule has 0 radical (unpaired) electrons. The second-order valence-corrected chi connectivity index (χ2v) is 7.63. The van der Waals surface area contributed by atoms with Gasteiger partial charge in [0, 0.05) is 4.88 Å². The minimum absolute atomic E-state index is 0.0155. The van der Waals surface area contributed by atoms with Crippen molar-refractivity contribution in [2.75, 3.05) is 13.2 Å². The lowest BCUT2D eigenvalue weighted by Crippen LogP contribution is -2.34. The smallest absolute Gasteiger partial charge is 0.407 e. The average molecular weight is 377 g/mol. The highest BCUT2D eigenvalue weighted by Crippen LogP contribution is 2.30. The number of ether oxygens (including phenoxy) is 2. The highest BCUT2D eigenvalue weighted by atomic mass is 32.1. The Balaban J connectivity index is 1.84. The standard InChI is InChI=1S/C19H23NO5S/c1-19(2,3)25-18(23)20-9-10-24-14-6-4-13(5-7-14)15-8-11-26-16(15)12-17(21)22/h4-8,11H,9-10,12H2,1-3H3,(H,20,23)(H,21,22). The Morgan fingerprint density at radius 2 is 1.85 bits per heavy atom. The van der Waals surface area contributed by atoms with Gasteiger partial charge in [0.2, 0.25) is 0 Å². The van der Waals surface area contributed by atoms with E-state index in [1.807, 2.05) is 35.7 Å².